The molecule has 0 amide bonds. The zero-order valence-electron chi connectivity index (χ0n) is 10.9. The van der Waals surface area contributed by atoms with Crippen LogP contribution in [0.15, 0.2) is 47.2 Å². The molecule has 104 valence electrons. The maximum Gasteiger partial charge on any atom is 0.236 e. The predicted octanol–water partition coefficient (Wildman–Crippen LogP) is 3.11. The largest absolute Gasteiger partial charge is 0.236 e. The lowest BCUT2D eigenvalue weighted by Crippen LogP contribution is -2.33. The average Bonchev–Trinajstić information content (AvgIpc) is 2.94. The van der Waals surface area contributed by atoms with Gasteiger partial charge < -0.3 is 0 Å². The van der Waals surface area contributed by atoms with E-state index in [-0.39, 0.29) is 0 Å². The molecule has 0 bridgehead atoms. The summed E-state index contributed by atoms with van der Waals surface area (Å²) in [5.74, 6) is 0. The Kier molecular flexibility index (Phi) is 3.74. The van der Waals surface area contributed by atoms with Gasteiger partial charge in [0.25, 0.3) is 0 Å². The lowest BCUT2D eigenvalue weighted by Gasteiger charge is -2.24. The number of hydrogen-bond donors (Lipinski definition) is 0. The summed E-state index contributed by atoms with van der Waals surface area (Å²) >= 11 is 1.71. The van der Waals surface area contributed by atoms with Crippen LogP contribution in [0.2, 0.25) is 0 Å². The van der Waals surface area contributed by atoms with Gasteiger partial charge in [0.05, 0.1) is 0 Å². The summed E-state index contributed by atoms with van der Waals surface area (Å²) in [6, 6.07) is 11.5. The van der Waals surface area contributed by atoms with Crippen LogP contribution < -0.4 is 0 Å². The third-order valence-electron chi connectivity index (χ3n) is 3.36. The van der Waals surface area contributed by atoms with Crippen molar-refractivity contribution in [2.45, 2.75) is 13.0 Å². The molecule has 0 N–H and O–H groups in total. The summed E-state index contributed by atoms with van der Waals surface area (Å²) in [5, 5.41) is 3.33. The first kappa shape index (κ1) is 13.5. The van der Waals surface area contributed by atoms with Crippen molar-refractivity contribution in [2.75, 3.05) is 6.54 Å². The van der Waals surface area contributed by atoms with Crippen LogP contribution in [0.25, 0.3) is 6.08 Å². The minimum absolute atomic E-state index is 0.486. The average molecular weight is 305 g/mol. The molecule has 20 heavy (non-hydrogen) atoms. The van der Waals surface area contributed by atoms with Crippen molar-refractivity contribution in [3.63, 3.8) is 0 Å². The van der Waals surface area contributed by atoms with Crippen LogP contribution in [0.1, 0.15) is 16.0 Å². The van der Waals surface area contributed by atoms with Crippen molar-refractivity contribution < 1.29 is 8.42 Å². The molecule has 1 aromatic heterocycles. The van der Waals surface area contributed by atoms with E-state index in [1.165, 1.54) is 10.3 Å². The Labute approximate surface area is 123 Å². The minimum atomic E-state index is -3.34. The smallest absolute Gasteiger partial charge is 0.207 e. The van der Waals surface area contributed by atoms with Crippen molar-refractivity contribution in [3.8, 4) is 0 Å². The second-order valence-electron chi connectivity index (χ2n) is 4.71. The van der Waals surface area contributed by atoms with E-state index in [1.54, 1.807) is 21.7 Å². The molecule has 0 saturated carbocycles. The normalized spacial score (nSPS) is 16.4. The first-order valence-corrected chi connectivity index (χ1v) is 8.82. The Morgan fingerprint density at radius 1 is 1.15 bits per heavy atom. The summed E-state index contributed by atoms with van der Waals surface area (Å²) in [6.45, 7) is 1.05. The Balaban J connectivity index is 1.78. The predicted molar refractivity (Wildman–Crippen MR) is 82.8 cm³/mol. The van der Waals surface area contributed by atoms with E-state index < -0.39 is 10.0 Å². The highest BCUT2D eigenvalue weighted by Crippen LogP contribution is 2.26. The minimum Gasteiger partial charge on any atom is -0.207 e. The van der Waals surface area contributed by atoms with Crippen LogP contribution in [-0.4, -0.2) is 19.3 Å². The van der Waals surface area contributed by atoms with Crippen molar-refractivity contribution in [2.24, 2.45) is 0 Å². The Hall–Kier alpha value is -1.43. The second-order valence-corrected chi connectivity index (χ2v) is 7.53. The molecule has 0 atom stereocenters. The van der Waals surface area contributed by atoms with E-state index in [1.807, 2.05) is 41.8 Å². The number of nitrogens with zero attached hydrogens (tertiary/aromatic N) is 1. The SMILES string of the molecule is O=S(=O)(/C=C/c1ccccc1)N1CCc2sccc2C1. The molecule has 0 spiro atoms. The summed E-state index contributed by atoms with van der Waals surface area (Å²) < 4.78 is 26.2. The van der Waals surface area contributed by atoms with Gasteiger partial charge in [-0.3, -0.25) is 0 Å². The topological polar surface area (TPSA) is 37.4 Å². The second kappa shape index (κ2) is 5.52. The molecule has 3 rings (SSSR count). The molecular formula is C15H15NO2S2. The third-order valence-corrected chi connectivity index (χ3v) is 5.90. The first-order valence-electron chi connectivity index (χ1n) is 6.44. The Bertz CT molecular complexity index is 717. The molecule has 3 nitrogen and oxygen atoms in total. The molecule has 0 radical (unpaired) electrons. The van der Waals surface area contributed by atoms with Gasteiger partial charge in [-0.05, 0) is 35.1 Å². The number of rotatable bonds is 3. The molecule has 0 aliphatic carbocycles. The zero-order chi connectivity index (χ0) is 14.0. The fourth-order valence-electron chi connectivity index (χ4n) is 2.25. The van der Waals surface area contributed by atoms with E-state index in [0.717, 1.165) is 17.5 Å². The highest BCUT2D eigenvalue weighted by molar-refractivity contribution is 7.92. The fraction of sp³-hybridized carbons (Fsp3) is 0.200. The van der Waals surface area contributed by atoms with Gasteiger partial charge in [-0.25, -0.2) is 8.42 Å². The standard InChI is InChI=1S/C15H15NO2S2/c17-20(18,11-8-13-4-2-1-3-5-13)16-9-6-15-14(12-16)7-10-19-15/h1-5,7-8,10-11H,6,9,12H2/b11-8+. The lowest BCUT2D eigenvalue weighted by molar-refractivity contribution is 0.400. The maximum absolute atomic E-state index is 12.3. The number of sulfonamides is 1. The van der Waals surface area contributed by atoms with Gasteiger partial charge in [-0.1, -0.05) is 30.3 Å². The molecule has 5 heteroatoms. The Morgan fingerprint density at radius 3 is 2.75 bits per heavy atom. The van der Waals surface area contributed by atoms with Crippen molar-refractivity contribution >= 4 is 27.4 Å². The maximum atomic E-state index is 12.3. The van der Waals surface area contributed by atoms with Crippen LogP contribution in [0.3, 0.4) is 0 Å². The number of benzene rings is 1. The number of hydrogen-bond acceptors (Lipinski definition) is 3. The van der Waals surface area contributed by atoms with Crippen LogP contribution >= 0.6 is 11.3 Å². The molecule has 1 aliphatic heterocycles. The van der Waals surface area contributed by atoms with Crippen LogP contribution in [0.5, 0.6) is 0 Å². The van der Waals surface area contributed by atoms with Gasteiger partial charge in [0.1, 0.15) is 0 Å². The molecular weight excluding hydrogens is 290 g/mol. The van der Waals surface area contributed by atoms with Crippen molar-refractivity contribution in [1.82, 2.24) is 4.31 Å². The molecule has 1 aliphatic rings. The Morgan fingerprint density at radius 2 is 1.95 bits per heavy atom. The van der Waals surface area contributed by atoms with Gasteiger partial charge in [0.2, 0.25) is 10.0 Å². The fourth-order valence-corrected chi connectivity index (χ4v) is 4.31. The third kappa shape index (κ3) is 2.85. The van der Waals surface area contributed by atoms with E-state index in [4.69, 9.17) is 0 Å². The summed E-state index contributed by atoms with van der Waals surface area (Å²) in [7, 11) is -3.34. The molecule has 2 heterocycles. The van der Waals surface area contributed by atoms with Gasteiger partial charge in [0, 0.05) is 23.4 Å². The molecule has 1 aromatic carbocycles. The quantitative estimate of drug-likeness (QED) is 0.874. The van der Waals surface area contributed by atoms with Crippen molar-refractivity contribution in [3.05, 3.63) is 63.2 Å². The lowest BCUT2D eigenvalue weighted by atomic mass is 10.1. The molecule has 2 aromatic rings. The molecule has 0 unspecified atom stereocenters. The summed E-state index contributed by atoms with van der Waals surface area (Å²) in [5.41, 5.74) is 2.03. The van der Waals surface area contributed by atoms with E-state index in [9.17, 15) is 8.42 Å². The van der Waals surface area contributed by atoms with Crippen LogP contribution in [-0.2, 0) is 23.0 Å². The highest BCUT2D eigenvalue weighted by Gasteiger charge is 2.25. The van der Waals surface area contributed by atoms with Crippen LogP contribution in [0.4, 0.5) is 0 Å². The monoisotopic (exact) mass is 305 g/mol. The number of thiophene rings is 1. The van der Waals surface area contributed by atoms with Crippen LogP contribution in [0, 0.1) is 0 Å². The van der Waals surface area contributed by atoms with Gasteiger partial charge in [0.15, 0.2) is 0 Å². The molecule has 0 fully saturated rings. The van der Waals surface area contributed by atoms with Gasteiger partial charge in [-0.2, -0.15) is 4.31 Å². The van der Waals surface area contributed by atoms with E-state index in [0.29, 0.717) is 13.1 Å². The van der Waals surface area contributed by atoms with Crippen molar-refractivity contribution in [1.29, 1.82) is 0 Å². The highest BCUT2D eigenvalue weighted by atomic mass is 32.2. The van der Waals surface area contributed by atoms with Gasteiger partial charge in [-0.15, -0.1) is 11.3 Å². The first-order chi connectivity index (χ1) is 9.65. The van der Waals surface area contributed by atoms with E-state index >= 15 is 0 Å². The van der Waals surface area contributed by atoms with Gasteiger partial charge >= 0.3 is 0 Å². The molecule has 0 saturated heterocycles. The number of fused-ring (bicyclic) bond motifs is 1. The summed E-state index contributed by atoms with van der Waals surface area (Å²) in [4.78, 5) is 1.31. The summed E-state index contributed by atoms with van der Waals surface area (Å²) in [6.07, 6.45) is 2.46. The zero-order valence-corrected chi connectivity index (χ0v) is 12.5. The van der Waals surface area contributed by atoms with E-state index in [2.05, 4.69) is 0 Å².